The van der Waals surface area contributed by atoms with Crippen LogP contribution in [-0.4, -0.2) is 50.6 Å². The van der Waals surface area contributed by atoms with Crippen molar-refractivity contribution in [3.63, 3.8) is 0 Å². The number of nitrogens with zero attached hydrogens (tertiary/aromatic N) is 1. The van der Waals surface area contributed by atoms with Crippen LogP contribution < -0.4 is 10.6 Å². The summed E-state index contributed by atoms with van der Waals surface area (Å²) < 4.78 is 0. The van der Waals surface area contributed by atoms with Gasteiger partial charge in [-0.1, -0.05) is 0 Å². The first-order valence-electron chi connectivity index (χ1n) is 4.88. The summed E-state index contributed by atoms with van der Waals surface area (Å²) in [6.45, 7) is 2.72. The summed E-state index contributed by atoms with van der Waals surface area (Å²) >= 11 is 0. The van der Waals surface area contributed by atoms with E-state index >= 15 is 0 Å². The Morgan fingerprint density at radius 3 is 3.15 bits per heavy atom. The van der Waals surface area contributed by atoms with Crippen LogP contribution >= 0.6 is 0 Å². The molecule has 76 valence electrons. The minimum absolute atomic E-state index is 0.0509. The van der Waals surface area contributed by atoms with Crippen molar-refractivity contribution in [3.05, 3.63) is 0 Å². The number of hydrogen-bond donors (Lipinski definition) is 2. The highest BCUT2D eigenvalue weighted by atomic mass is 16.2. The van der Waals surface area contributed by atoms with Crippen molar-refractivity contribution in [3.8, 4) is 0 Å². The molecule has 0 aliphatic carbocycles. The fraction of sp³-hybridized carbons (Fsp3) is 0.889. The summed E-state index contributed by atoms with van der Waals surface area (Å²) in [5.74, 6) is 0.176. The van der Waals surface area contributed by atoms with E-state index in [0.29, 0.717) is 0 Å². The van der Waals surface area contributed by atoms with Gasteiger partial charge in [0.25, 0.3) is 0 Å². The first-order valence-corrected chi connectivity index (χ1v) is 4.88. The van der Waals surface area contributed by atoms with Crippen LogP contribution in [0.4, 0.5) is 0 Å². The monoisotopic (exact) mass is 185 g/mol. The average Bonchev–Trinajstić information content (AvgIpc) is 2.26. The summed E-state index contributed by atoms with van der Waals surface area (Å²) in [6, 6.07) is 0.0509. The molecule has 1 atom stereocenters. The third kappa shape index (κ3) is 2.97. The van der Waals surface area contributed by atoms with Crippen LogP contribution in [0.2, 0.25) is 0 Å². The van der Waals surface area contributed by atoms with Crippen LogP contribution in [0.3, 0.4) is 0 Å². The van der Waals surface area contributed by atoms with E-state index in [0.717, 1.165) is 32.5 Å². The van der Waals surface area contributed by atoms with Crippen molar-refractivity contribution in [2.45, 2.75) is 18.9 Å². The van der Waals surface area contributed by atoms with Crippen molar-refractivity contribution in [1.29, 1.82) is 0 Å². The molecule has 1 rings (SSSR count). The second-order valence-electron chi connectivity index (χ2n) is 3.53. The summed E-state index contributed by atoms with van der Waals surface area (Å²) in [7, 11) is 3.93. The molecule has 2 N–H and O–H groups in total. The molecular formula is C9H19N3O. The van der Waals surface area contributed by atoms with Gasteiger partial charge in [-0.2, -0.15) is 0 Å². The van der Waals surface area contributed by atoms with E-state index in [1.165, 1.54) is 0 Å². The van der Waals surface area contributed by atoms with Crippen molar-refractivity contribution in [2.75, 3.05) is 33.7 Å². The molecular weight excluding hydrogens is 166 g/mol. The zero-order valence-corrected chi connectivity index (χ0v) is 8.47. The molecule has 0 aromatic heterocycles. The molecule has 0 saturated carbocycles. The van der Waals surface area contributed by atoms with Crippen LogP contribution in [0.1, 0.15) is 12.8 Å². The Hall–Kier alpha value is -0.610. The first kappa shape index (κ1) is 10.5. The standard InChI is InChI=1S/C9H19N3O/c1-10-6-4-8-9(13)11-5-3-7-12(8)2/h8,10H,3-7H2,1-2H3,(H,11,13). The molecule has 0 radical (unpaired) electrons. The normalized spacial score (nSPS) is 25.4. The summed E-state index contributed by atoms with van der Waals surface area (Å²) in [5.41, 5.74) is 0. The number of rotatable bonds is 3. The van der Waals surface area contributed by atoms with E-state index in [1.807, 2.05) is 14.1 Å². The Kier molecular flexibility index (Phi) is 4.18. The zero-order chi connectivity index (χ0) is 9.68. The number of hydrogen-bond acceptors (Lipinski definition) is 3. The number of nitrogens with one attached hydrogen (secondary N) is 2. The second kappa shape index (κ2) is 5.19. The lowest BCUT2D eigenvalue weighted by molar-refractivity contribution is -0.125. The Labute approximate surface area is 79.7 Å². The van der Waals surface area contributed by atoms with E-state index < -0.39 is 0 Å². The Bertz CT molecular complexity index is 172. The number of amides is 1. The van der Waals surface area contributed by atoms with E-state index in [-0.39, 0.29) is 11.9 Å². The molecule has 4 nitrogen and oxygen atoms in total. The van der Waals surface area contributed by atoms with E-state index in [1.54, 1.807) is 0 Å². The fourth-order valence-corrected chi connectivity index (χ4v) is 1.65. The maximum absolute atomic E-state index is 11.6. The van der Waals surface area contributed by atoms with Gasteiger partial charge >= 0.3 is 0 Å². The maximum atomic E-state index is 11.6. The first-order chi connectivity index (χ1) is 6.25. The van der Waals surface area contributed by atoms with Gasteiger partial charge in [0.1, 0.15) is 0 Å². The quantitative estimate of drug-likeness (QED) is 0.618. The number of likely N-dealkylation sites (N-methyl/N-ethyl adjacent to an activating group) is 1. The lowest BCUT2D eigenvalue weighted by atomic mass is 10.1. The molecule has 0 aromatic rings. The number of carbonyl (C=O) groups excluding carboxylic acids is 1. The summed E-state index contributed by atoms with van der Waals surface area (Å²) in [5, 5.41) is 6.00. The van der Waals surface area contributed by atoms with Crippen molar-refractivity contribution >= 4 is 5.91 Å². The van der Waals surface area contributed by atoms with Gasteiger partial charge in [0, 0.05) is 13.1 Å². The molecule has 0 bridgehead atoms. The Balaban J connectivity index is 2.48. The molecule has 4 heteroatoms. The van der Waals surface area contributed by atoms with E-state index in [9.17, 15) is 4.79 Å². The van der Waals surface area contributed by atoms with Gasteiger partial charge in [-0.05, 0) is 33.5 Å². The van der Waals surface area contributed by atoms with Crippen molar-refractivity contribution in [2.24, 2.45) is 0 Å². The summed E-state index contributed by atoms with van der Waals surface area (Å²) in [4.78, 5) is 13.7. The highest BCUT2D eigenvalue weighted by Crippen LogP contribution is 2.05. The predicted octanol–water partition coefficient (Wildman–Crippen LogP) is -0.584. The Morgan fingerprint density at radius 1 is 1.69 bits per heavy atom. The van der Waals surface area contributed by atoms with Crippen LogP contribution in [0.25, 0.3) is 0 Å². The van der Waals surface area contributed by atoms with Gasteiger partial charge in [0.15, 0.2) is 0 Å². The molecule has 1 aliphatic rings. The van der Waals surface area contributed by atoms with E-state index in [2.05, 4.69) is 15.5 Å². The van der Waals surface area contributed by atoms with Gasteiger partial charge in [-0.25, -0.2) is 0 Å². The van der Waals surface area contributed by atoms with Gasteiger partial charge in [-0.15, -0.1) is 0 Å². The Morgan fingerprint density at radius 2 is 2.46 bits per heavy atom. The minimum Gasteiger partial charge on any atom is -0.355 e. The lowest BCUT2D eigenvalue weighted by Gasteiger charge is -2.23. The topological polar surface area (TPSA) is 44.4 Å². The van der Waals surface area contributed by atoms with Gasteiger partial charge in [0.05, 0.1) is 6.04 Å². The minimum atomic E-state index is 0.0509. The highest BCUT2D eigenvalue weighted by molar-refractivity contribution is 5.81. The average molecular weight is 185 g/mol. The van der Waals surface area contributed by atoms with Gasteiger partial charge < -0.3 is 10.6 Å². The molecule has 1 unspecified atom stereocenters. The SMILES string of the molecule is CNCCC1C(=O)NCCCN1C. The molecule has 1 amide bonds. The molecule has 1 fully saturated rings. The molecule has 0 aromatic carbocycles. The van der Waals surface area contributed by atoms with Gasteiger partial charge in [-0.3, -0.25) is 9.69 Å². The number of carbonyl (C=O) groups is 1. The van der Waals surface area contributed by atoms with Crippen LogP contribution in [0.5, 0.6) is 0 Å². The zero-order valence-electron chi connectivity index (χ0n) is 8.47. The van der Waals surface area contributed by atoms with Crippen molar-refractivity contribution in [1.82, 2.24) is 15.5 Å². The third-order valence-electron chi connectivity index (χ3n) is 2.49. The second-order valence-corrected chi connectivity index (χ2v) is 3.53. The van der Waals surface area contributed by atoms with Gasteiger partial charge in [0.2, 0.25) is 5.91 Å². The smallest absolute Gasteiger partial charge is 0.237 e. The lowest BCUT2D eigenvalue weighted by Crippen LogP contribution is -2.43. The largest absolute Gasteiger partial charge is 0.355 e. The van der Waals surface area contributed by atoms with Crippen LogP contribution in [0.15, 0.2) is 0 Å². The maximum Gasteiger partial charge on any atom is 0.237 e. The van der Waals surface area contributed by atoms with Crippen LogP contribution in [-0.2, 0) is 4.79 Å². The predicted molar refractivity (Wildman–Crippen MR) is 52.6 cm³/mol. The van der Waals surface area contributed by atoms with Crippen molar-refractivity contribution < 1.29 is 4.79 Å². The van der Waals surface area contributed by atoms with Crippen LogP contribution in [0, 0.1) is 0 Å². The third-order valence-corrected chi connectivity index (χ3v) is 2.49. The molecule has 13 heavy (non-hydrogen) atoms. The molecule has 1 aliphatic heterocycles. The molecule has 0 spiro atoms. The summed E-state index contributed by atoms with van der Waals surface area (Å²) in [6.07, 6.45) is 1.94. The fourth-order valence-electron chi connectivity index (χ4n) is 1.65. The van der Waals surface area contributed by atoms with E-state index in [4.69, 9.17) is 0 Å². The molecule has 1 saturated heterocycles. The highest BCUT2D eigenvalue weighted by Gasteiger charge is 2.24. The molecule has 1 heterocycles.